The molecule has 1 heterocycles. The first kappa shape index (κ1) is 16.0. The molecule has 0 aromatic heterocycles. The zero-order chi connectivity index (χ0) is 15.0. The van der Waals surface area contributed by atoms with E-state index in [-0.39, 0.29) is 12.8 Å². The summed E-state index contributed by atoms with van der Waals surface area (Å²) in [4.78, 5) is 4.49. The van der Waals surface area contributed by atoms with E-state index in [4.69, 9.17) is 5.73 Å². The van der Waals surface area contributed by atoms with E-state index >= 15 is 0 Å². The van der Waals surface area contributed by atoms with Gasteiger partial charge in [-0.1, -0.05) is 6.42 Å². The van der Waals surface area contributed by atoms with Crippen LogP contribution in [0.15, 0.2) is 0 Å². The highest BCUT2D eigenvalue weighted by atomic mass is 19.4. The molecular formula is C14H26F3N3. The molecule has 1 saturated carbocycles. The lowest BCUT2D eigenvalue weighted by atomic mass is 9.73. The fraction of sp³-hybridized carbons (Fsp3) is 1.00. The molecule has 0 aromatic carbocycles. The summed E-state index contributed by atoms with van der Waals surface area (Å²) in [6.07, 6.45) is -2.23. The number of hydrogen-bond donors (Lipinski definition) is 1. The number of rotatable bonds is 2. The molecule has 2 fully saturated rings. The third kappa shape index (κ3) is 3.12. The average Bonchev–Trinajstić information content (AvgIpc) is 2.41. The smallest absolute Gasteiger partial charge is 0.329 e. The Hall–Kier alpha value is -0.330. The SMILES string of the molecule is CC1CN(C2(CN)CCCC(C(F)(F)F)C2)CCN1C. The van der Waals surface area contributed by atoms with E-state index in [0.29, 0.717) is 19.0 Å². The van der Waals surface area contributed by atoms with Gasteiger partial charge in [0.2, 0.25) is 0 Å². The second-order valence-corrected chi connectivity index (χ2v) is 6.54. The first-order valence-electron chi connectivity index (χ1n) is 7.50. The topological polar surface area (TPSA) is 32.5 Å². The van der Waals surface area contributed by atoms with Crippen molar-refractivity contribution in [3.63, 3.8) is 0 Å². The van der Waals surface area contributed by atoms with Crippen LogP contribution in [0, 0.1) is 5.92 Å². The fourth-order valence-electron chi connectivity index (χ4n) is 3.70. The van der Waals surface area contributed by atoms with Crippen LogP contribution in [0.3, 0.4) is 0 Å². The van der Waals surface area contributed by atoms with Crippen molar-refractivity contribution < 1.29 is 13.2 Å². The molecule has 20 heavy (non-hydrogen) atoms. The van der Waals surface area contributed by atoms with Crippen molar-refractivity contribution in [2.24, 2.45) is 11.7 Å². The lowest BCUT2D eigenvalue weighted by molar-refractivity contribution is -0.195. The molecule has 3 atom stereocenters. The van der Waals surface area contributed by atoms with Crippen LogP contribution in [0.5, 0.6) is 0 Å². The first-order valence-corrected chi connectivity index (χ1v) is 7.50. The maximum atomic E-state index is 13.1. The van der Waals surface area contributed by atoms with Crippen LogP contribution in [0.2, 0.25) is 0 Å². The quantitative estimate of drug-likeness (QED) is 0.846. The van der Waals surface area contributed by atoms with Crippen molar-refractivity contribution in [1.29, 1.82) is 0 Å². The Labute approximate surface area is 119 Å². The van der Waals surface area contributed by atoms with Gasteiger partial charge in [0, 0.05) is 37.8 Å². The van der Waals surface area contributed by atoms with Gasteiger partial charge < -0.3 is 10.6 Å². The molecule has 0 amide bonds. The van der Waals surface area contributed by atoms with Gasteiger partial charge in [-0.05, 0) is 33.2 Å². The number of nitrogens with two attached hydrogens (primary N) is 1. The highest BCUT2D eigenvalue weighted by molar-refractivity contribution is 5.00. The van der Waals surface area contributed by atoms with Gasteiger partial charge in [0.05, 0.1) is 5.92 Å². The van der Waals surface area contributed by atoms with Crippen LogP contribution in [-0.2, 0) is 0 Å². The van der Waals surface area contributed by atoms with Crippen LogP contribution in [-0.4, -0.2) is 60.8 Å². The Bertz CT molecular complexity index is 334. The summed E-state index contributed by atoms with van der Waals surface area (Å²) in [6, 6.07) is 0.374. The summed E-state index contributed by atoms with van der Waals surface area (Å²) < 4.78 is 39.2. The minimum absolute atomic E-state index is 0.170. The second kappa shape index (κ2) is 5.81. The molecule has 2 N–H and O–H groups in total. The summed E-state index contributed by atoms with van der Waals surface area (Å²) in [5.41, 5.74) is 5.48. The molecule has 0 aromatic rings. The zero-order valence-corrected chi connectivity index (χ0v) is 12.4. The standard InChI is InChI=1S/C14H26F3N3/c1-11-9-20(7-6-19(11)2)13(10-18)5-3-4-12(8-13)14(15,16)17/h11-12H,3-10,18H2,1-2H3. The molecule has 1 aliphatic heterocycles. The molecule has 3 nitrogen and oxygen atoms in total. The highest BCUT2D eigenvalue weighted by Gasteiger charge is 2.49. The number of piperazine rings is 1. The molecule has 2 aliphatic rings. The maximum absolute atomic E-state index is 13.1. The van der Waals surface area contributed by atoms with E-state index < -0.39 is 17.6 Å². The Morgan fingerprint density at radius 2 is 2.00 bits per heavy atom. The third-order valence-corrected chi connectivity index (χ3v) is 5.29. The van der Waals surface area contributed by atoms with Gasteiger partial charge in [0.15, 0.2) is 0 Å². The minimum atomic E-state index is -4.08. The van der Waals surface area contributed by atoms with Crippen LogP contribution in [0.1, 0.15) is 32.6 Å². The van der Waals surface area contributed by atoms with Gasteiger partial charge in [-0.2, -0.15) is 13.2 Å². The molecule has 1 aliphatic carbocycles. The first-order chi connectivity index (χ1) is 9.28. The molecule has 3 unspecified atom stereocenters. The number of nitrogens with zero attached hydrogens (tertiary/aromatic N) is 2. The van der Waals surface area contributed by atoms with Gasteiger partial charge in [-0.15, -0.1) is 0 Å². The Morgan fingerprint density at radius 1 is 1.30 bits per heavy atom. The normalized spacial score (nSPS) is 38.1. The van der Waals surface area contributed by atoms with Gasteiger partial charge in [0.1, 0.15) is 0 Å². The average molecular weight is 293 g/mol. The molecule has 118 valence electrons. The van der Waals surface area contributed by atoms with E-state index in [1.807, 2.05) is 0 Å². The molecule has 6 heteroatoms. The molecule has 0 bridgehead atoms. The Morgan fingerprint density at radius 3 is 2.55 bits per heavy atom. The molecule has 1 saturated heterocycles. The number of likely N-dealkylation sites (N-methyl/N-ethyl adjacent to an activating group) is 1. The van der Waals surface area contributed by atoms with Crippen molar-refractivity contribution in [3.05, 3.63) is 0 Å². The number of alkyl halides is 3. The van der Waals surface area contributed by atoms with Crippen molar-refractivity contribution in [1.82, 2.24) is 9.80 Å². The van der Waals surface area contributed by atoms with Crippen molar-refractivity contribution in [2.75, 3.05) is 33.2 Å². The van der Waals surface area contributed by atoms with Crippen LogP contribution in [0.4, 0.5) is 13.2 Å². The fourth-order valence-corrected chi connectivity index (χ4v) is 3.70. The van der Waals surface area contributed by atoms with Crippen LogP contribution in [0.25, 0.3) is 0 Å². The van der Waals surface area contributed by atoms with E-state index in [0.717, 1.165) is 26.1 Å². The van der Waals surface area contributed by atoms with Gasteiger partial charge in [-0.3, -0.25) is 4.90 Å². The van der Waals surface area contributed by atoms with E-state index in [1.54, 1.807) is 0 Å². The van der Waals surface area contributed by atoms with E-state index in [2.05, 4.69) is 23.8 Å². The van der Waals surface area contributed by atoms with E-state index in [1.165, 1.54) is 0 Å². The summed E-state index contributed by atoms with van der Waals surface area (Å²) in [6.45, 7) is 5.00. The van der Waals surface area contributed by atoms with Gasteiger partial charge in [0.25, 0.3) is 0 Å². The lowest BCUT2D eigenvalue weighted by Crippen LogP contribution is -2.63. The second-order valence-electron chi connectivity index (χ2n) is 6.54. The molecule has 2 rings (SSSR count). The summed E-state index contributed by atoms with van der Waals surface area (Å²) in [7, 11) is 2.07. The van der Waals surface area contributed by atoms with Crippen molar-refractivity contribution in [2.45, 2.75) is 50.4 Å². The lowest BCUT2D eigenvalue weighted by Gasteiger charge is -2.52. The predicted octanol–water partition coefficient (Wildman–Crippen LogP) is 2.07. The number of halogens is 3. The Kier molecular flexibility index (Phi) is 4.66. The van der Waals surface area contributed by atoms with Crippen LogP contribution >= 0.6 is 0 Å². The largest absolute Gasteiger partial charge is 0.391 e. The Balaban J connectivity index is 2.12. The third-order valence-electron chi connectivity index (χ3n) is 5.29. The molecule has 0 radical (unpaired) electrons. The summed E-state index contributed by atoms with van der Waals surface area (Å²) >= 11 is 0. The maximum Gasteiger partial charge on any atom is 0.391 e. The van der Waals surface area contributed by atoms with E-state index in [9.17, 15) is 13.2 Å². The summed E-state index contributed by atoms with van der Waals surface area (Å²) in [5.74, 6) is -1.19. The molecule has 0 spiro atoms. The van der Waals surface area contributed by atoms with Crippen LogP contribution < -0.4 is 5.73 Å². The predicted molar refractivity (Wildman–Crippen MR) is 73.5 cm³/mol. The van der Waals surface area contributed by atoms with Gasteiger partial charge >= 0.3 is 6.18 Å². The number of hydrogen-bond acceptors (Lipinski definition) is 3. The molecular weight excluding hydrogens is 267 g/mol. The van der Waals surface area contributed by atoms with Gasteiger partial charge in [-0.25, -0.2) is 0 Å². The minimum Gasteiger partial charge on any atom is -0.329 e. The van der Waals surface area contributed by atoms with Crippen molar-refractivity contribution in [3.8, 4) is 0 Å². The monoisotopic (exact) mass is 293 g/mol. The highest BCUT2D eigenvalue weighted by Crippen LogP contribution is 2.44. The summed E-state index contributed by atoms with van der Waals surface area (Å²) in [5, 5.41) is 0. The zero-order valence-electron chi connectivity index (χ0n) is 12.4. The van der Waals surface area contributed by atoms with Crippen molar-refractivity contribution >= 4 is 0 Å².